The van der Waals surface area contributed by atoms with Crippen molar-refractivity contribution in [2.24, 2.45) is 0 Å². The summed E-state index contributed by atoms with van der Waals surface area (Å²) in [5.41, 5.74) is 2.49. The summed E-state index contributed by atoms with van der Waals surface area (Å²) in [5.74, 6) is -1.79. The molecule has 0 unspecified atom stereocenters. The number of aromatic nitrogens is 1. The number of carbonyl (C=O) groups excluding carboxylic acids is 3. The average Bonchev–Trinajstić information content (AvgIpc) is 3.03. The Balaban J connectivity index is 1.45. The molecule has 33 heavy (non-hydrogen) atoms. The van der Waals surface area contributed by atoms with E-state index in [9.17, 15) is 18.8 Å². The topological polar surface area (TPSA) is 79.4 Å². The third-order valence-corrected chi connectivity index (χ3v) is 5.69. The second kappa shape index (κ2) is 7.79. The van der Waals surface area contributed by atoms with Crippen LogP contribution in [-0.2, 0) is 0 Å². The van der Waals surface area contributed by atoms with Crippen LogP contribution < -0.4 is 10.2 Å². The fourth-order valence-corrected chi connectivity index (χ4v) is 4.16. The van der Waals surface area contributed by atoms with Gasteiger partial charge in [0.05, 0.1) is 32.9 Å². The minimum atomic E-state index is -0.458. The number of hydrogen-bond acceptors (Lipinski definition) is 4. The Morgan fingerprint density at radius 1 is 0.970 bits per heavy atom. The van der Waals surface area contributed by atoms with Gasteiger partial charge in [0.1, 0.15) is 5.82 Å². The lowest BCUT2D eigenvalue weighted by Gasteiger charge is -2.17. The molecule has 0 atom stereocenters. The normalized spacial score (nSPS) is 12.9. The van der Waals surface area contributed by atoms with Gasteiger partial charge in [-0.05, 0) is 55.5 Å². The SMILES string of the molecule is Cc1cc(C(=O)Nc2ccc(N3C(=O)c4ccccc4C3=O)c(Cl)c2)c2ccc(F)cc2n1. The quantitative estimate of drug-likeness (QED) is 0.417. The maximum absolute atomic E-state index is 13.6. The Kier molecular flexibility index (Phi) is 4.91. The first-order valence-electron chi connectivity index (χ1n) is 9.99. The van der Waals surface area contributed by atoms with Gasteiger partial charge < -0.3 is 5.32 Å². The molecule has 4 aromatic rings. The summed E-state index contributed by atoms with van der Waals surface area (Å²) in [5, 5.41) is 3.39. The Labute approximate surface area is 192 Å². The molecule has 2 heterocycles. The summed E-state index contributed by atoms with van der Waals surface area (Å²) in [6, 6.07) is 16.7. The third kappa shape index (κ3) is 3.52. The summed E-state index contributed by atoms with van der Waals surface area (Å²) < 4.78 is 13.6. The molecule has 162 valence electrons. The fourth-order valence-electron chi connectivity index (χ4n) is 3.89. The van der Waals surface area contributed by atoms with Gasteiger partial charge >= 0.3 is 0 Å². The van der Waals surface area contributed by atoms with E-state index in [1.165, 1.54) is 30.3 Å². The smallest absolute Gasteiger partial charge is 0.266 e. The molecule has 0 bridgehead atoms. The van der Waals surface area contributed by atoms with E-state index in [1.807, 2.05) is 0 Å². The van der Waals surface area contributed by atoms with Crippen LogP contribution in [0.2, 0.25) is 5.02 Å². The van der Waals surface area contributed by atoms with Crippen molar-refractivity contribution >= 4 is 51.6 Å². The minimum absolute atomic E-state index is 0.125. The van der Waals surface area contributed by atoms with Crippen molar-refractivity contribution in [2.45, 2.75) is 6.92 Å². The van der Waals surface area contributed by atoms with Crippen molar-refractivity contribution in [3.63, 3.8) is 0 Å². The number of halogens is 2. The van der Waals surface area contributed by atoms with E-state index in [0.29, 0.717) is 39.0 Å². The number of nitrogens with zero attached hydrogens (tertiary/aromatic N) is 2. The van der Waals surface area contributed by atoms with E-state index in [-0.39, 0.29) is 10.7 Å². The van der Waals surface area contributed by atoms with Crippen LogP contribution in [0.5, 0.6) is 0 Å². The molecule has 1 aliphatic heterocycles. The van der Waals surface area contributed by atoms with Crippen LogP contribution in [0.1, 0.15) is 36.8 Å². The Hall–Kier alpha value is -4.10. The summed E-state index contributed by atoms with van der Waals surface area (Å²) in [4.78, 5) is 43.7. The van der Waals surface area contributed by atoms with Crippen LogP contribution in [0.3, 0.4) is 0 Å². The van der Waals surface area contributed by atoms with E-state index in [4.69, 9.17) is 11.6 Å². The van der Waals surface area contributed by atoms with E-state index in [2.05, 4.69) is 10.3 Å². The molecular formula is C25H15ClFN3O3. The molecular weight excluding hydrogens is 445 g/mol. The number of rotatable bonds is 3. The van der Waals surface area contributed by atoms with Crippen molar-refractivity contribution in [1.82, 2.24) is 4.98 Å². The third-order valence-electron chi connectivity index (χ3n) is 5.39. The number of anilines is 2. The zero-order valence-electron chi connectivity index (χ0n) is 17.2. The molecule has 3 amide bonds. The van der Waals surface area contributed by atoms with Crippen LogP contribution in [-0.4, -0.2) is 22.7 Å². The molecule has 1 aromatic heterocycles. The van der Waals surface area contributed by atoms with Crippen LogP contribution >= 0.6 is 11.6 Å². The van der Waals surface area contributed by atoms with Gasteiger partial charge in [0.25, 0.3) is 17.7 Å². The highest BCUT2D eigenvalue weighted by Crippen LogP contribution is 2.35. The van der Waals surface area contributed by atoms with Crippen LogP contribution in [0, 0.1) is 12.7 Å². The summed E-state index contributed by atoms with van der Waals surface area (Å²) in [6.07, 6.45) is 0. The van der Waals surface area contributed by atoms with Crippen LogP contribution in [0.4, 0.5) is 15.8 Å². The number of carbonyl (C=O) groups is 3. The van der Waals surface area contributed by atoms with Crippen LogP contribution in [0.25, 0.3) is 10.9 Å². The summed E-state index contributed by atoms with van der Waals surface area (Å²) in [7, 11) is 0. The maximum Gasteiger partial charge on any atom is 0.266 e. The van der Waals surface area contributed by atoms with E-state index in [0.717, 1.165) is 4.90 Å². The Morgan fingerprint density at radius 2 is 1.67 bits per heavy atom. The largest absolute Gasteiger partial charge is 0.322 e. The molecule has 0 saturated carbocycles. The van der Waals surface area contributed by atoms with Gasteiger partial charge in [-0.2, -0.15) is 0 Å². The molecule has 5 rings (SSSR count). The molecule has 1 N–H and O–H groups in total. The number of aryl methyl sites for hydroxylation is 1. The van der Waals surface area contributed by atoms with Crippen molar-refractivity contribution < 1.29 is 18.8 Å². The first kappa shape index (κ1) is 20.8. The van der Waals surface area contributed by atoms with Gasteiger partial charge in [-0.25, -0.2) is 9.29 Å². The fraction of sp³-hybridized carbons (Fsp3) is 0.0400. The monoisotopic (exact) mass is 459 g/mol. The molecule has 8 heteroatoms. The minimum Gasteiger partial charge on any atom is -0.322 e. The molecule has 0 spiro atoms. The van der Waals surface area contributed by atoms with Crippen molar-refractivity contribution in [1.29, 1.82) is 0 Å². The summed E-state index contributed by atoms with van der Waals surface area (Å²) in [6.45, 7) is 1.72. The number of hydrogen-bond donors (Lipinski definition) is 1. The average molecular weight is 460 g/mol. The van der Waals surface area contributed by atoms with Gasteiger partial charge in [0.15, 0.2) is 0 Å². The molecule has 6 nitrogen and oxygen atoms in total. The number of imide groups is 1. The number of pyridine rings is 1. The Bertz CT molecular complexity index is 1460. The second-order valence-electron chi connectivity index (χ2n) is 7.58. The molecule has 0 radical (unpaired) electrons. The zero-order valence-corrected chi connectivity index (χ0v) is 18.0. The molecule has 1 aliphatic rings. The molecule has 0 aliphatic carbocycles. The van der Waals surface area contributed by atoms with Gasteiger partial charge in [-0.1, -0.05) is 23.7 Å². The predicted octanol–water partition coefficient (Wildman–Crippen LogP) is 5.39. The zero-order chi connectivity index (χ0) is 23.3. The number of nitrogens with one attached hydrogen (secondary N) is 1. The molecule has 3 aromatic carbocycles. The number of fused-ring (bicyclic) bond motifs is 2. The number of benzene rings is 3. The van der Waals surface area contributed by atoms with E-state index >= 15 is 0 Å². The van der Waals surface area contributed by atoms with Gasteiger partial charge in [0, 0.05) is 22.8 Å². The Morgan fingerprint density at radius 3 is 2.33 bits per heavy atom. The lowest BCUT2D eigenvalue weighted by molar-refractivity contribution is 0.0924. The number of amides is 3. The standard InChI is InChI=1S/C25H15ClFN3O3/c1-13-10-19(16-8-6-14(27)11-21(16)28-13)23(31)29-15-7-9-22(20(26)12-15)30-24(32)17-4-2-3-5-18(17)25(30)33/h2-12H,1H3,(H,29,31). The van der Waals surface area contributed by atoms with Crippen molar-refractivity contribution in [3.05, 3.63) is 100.0 Å². The first-order valence-corrected chi connectivity index (χ1v) is 10.4. The van der Waals surface area contributed by atoms with E-state index < -0.39 is 23.5 Å². The highest BCUT2D eigenvalue weighted by molar-refractivity contribution is 6.40. The molecule has 0 fully saturated rings. The van der Waals surface area contributed by atoms with Crippen molar-refractivity contribution in [2.75, 3.05) is 10.2 Å². The second-order valence-corrected chi connectivity index (χ2v) is 7.99. The maximum atomic E-state index is 13.6. The van der Waals surface area contributed by atoms with E-state index in [1.54, 1.807) is 43.3 Å². The molecule has 0 saturated heterocycles. The highest BCUT2D eigenvalue weighted by atomic mass is 35.5. The van der Waals surface area contributed by atoms with Crippen LogP contribution in [0.15, 0.2) is 66.7 Å². The van der Waals surface area contributed by atoms with Crippen molar-refractivity contribution in [3.8, 4) is 0 Å². The van der Waals surface area contributed by atoms with Gasteiger partial charge in [-0.15, -0.1) is 0 Å². The highest BCUT2D eigenvalue weighted by Gasteiger charge is 2.37. The van der Waals surface area contributed by atoms with Gasteiger partial charge in [-0.3, -0.25) is 19.4 Å². The lowest BCUT2D eigenvalue weighted by Crippen LogP contribution is -2.29. The predicted molar refractivity (Wildman–Crippen MR) is 123 cm³/mol. The first-order chi connectivity index (χ1) is 15.8. The van der Waals surface area contributed by atoms with Gasteiger partial charge in [0.2, 0.25) is 0 Å². The summed E-state index contributed by atoms with van der Waals surface area (Å²) >= 11 is 6.40. The lowest BCUT2D eigenvalue weighted by atomic mass is 10.1.